The van der Waals surface area contributed by atoms with Crippen molar-refractivity contribution in [1.82, 2.24) is 0 Å². The molecule has 0 spiro atoms. The van der Waals surface area contributed by atoms with Gasteiger partial charge in [0.1, 0.15) is 11.2 Å². The number of rotatable bonds is 5. The standard InChI is InChI=1S/C66H59BN2O/c1-40-28-41(2)31-48(30-40)45-20-24-52(25-21-45)69-58-26-22-46(49-32-42(3)29-43(4)33-49)34-56(58)62-63-60(39-55-54-18-14-15-19-61(54)70-64(55)62)68(53-37-50(65(5,6)7)36-51(38-53)66(8,9)10)59-27-23-47(35-57(59)67(63)69)44-16-12-11-13-17-44/h11-39H,1-10H3. The number of nitrogens with zero attached hydrogens (tertiary/aromatic N) is 2. The molecule has 4 heteroatoms. The van der Waals surface area contributed by atoms with Gasteiger partial charge in [0, 0.05) is 50.3 Å². The first kappa shape index (κ1) is 43.7. The molecule has 0 bridgehead atoms. The number of benzene rings is 9. The maximum absolute atomic E-state index is 7.20. The molecule has 0 unspecified atom stereocenters. The first-order chi connectivity index (χ1) is 33.6. The Kier molecular flexibility index (Phi) is 9.99. The summed E-state index contributed by atoms with van der Waals surface area (Å²) in [4.78, 5) is 5.22. The summed E-state index contributed by atoms with van der Waals surface area (Å²) in [7, 11) is 0. The van der Waals surface area contributed by atoms with Gasteiger partial charge in [-0.2, -0.15) is 0 Å². The van der Waals surface area contributed by atoms with Gasteiger partial charge in [-0.1, -0.05) is 185 Å². The van der Waals surface area contributed by atoms with Crippen molar-refractivity contribution in [3.63, 3.8) is 0 Å². The first-order valence-corrected chi connectivity index (χ1v) is 24.9. The minimum atomic E-state index is -0.211. The van der Waals surface area contributed by atoms with Gasteiger partial charge in [0.25, 0.3) is 0 Å². The molecule has 3 nitrogen and oxygen atoms in total. The van der Waals surface area contributed by atoms with Gasteiger partial charge in [0.05, 0.1) is 0 Å². The van der Waals surface area contributed by atoms with E-state index in [4.69, 9.17) is 4.42 Å². The summed E-state index contributed by atoms with van der Waals surface area (Å²) in [6.45, 7) is 22.6. The van der Waals surface area contributed by atoms with Crippen molar-refractivity contribution in [3.05, 3.63) is 209 Å². The number of anilines is 5. The average molecular weight is 907 g/mol. The lowest BCUT2D eigenvalue weighted by molar-refractivity contribution is 0.569. The van der Waals surface area contributed by atoms with Crippen LogP contribution in [0.2, 0.25) is 0 Å². The van der Waals surface area contributed by atoms with Crippen LogP contribution in [-0.4, -0.2) is 6.85 Å². The van der Waals surface area contributed by atoms with Crippen molar-refractivity contribution in [2.75, 3.05) is 9.71 Å². The van der Waals surface area contributed by atoms with Crippen LogP contribution in [0.5, 0.6) is 0 Å². The summed E-state index contributed by atoms with van der Waals surface area (Å²) < 4.78 is 7.20. The summed E-state index contributed by atoms with van der Waals surface area (Å²) in [5.41, 5.74) is 27.1. The quantitative estimate of drug-likeness (QED) is 0.160. The molecule has 0 N–H and O–H groups in total. The zero-order valence-corrected chi connectivity index (χ0v) is 42.1. The largest absolute Gasteiger partial charge is 0.455 e. The second kappa shape index (κ2) is 16.0. The predicted molar refractivity (Wildman–Crippen MR) is 300 cm³/mol. The molecule has 0 aliphatic carbocycles. The molecule has 0 saturated heterocycles. The van der Waals surface area contributed by atoms with Gasteiger partial charge in [-0.15, -0.1) is 0 Å². The van der Waals surface area contributed by atoms with Gasteiger partial charge < -0.3 is 14.1 Å². The fourth-order valence-corrected chi connectivity index (χ4v) is 11.5. The fourth-order valence-electron chi connectivity index (χ4n) is 11.5. The number of furan rings is 1. The lowest BCUT2D eigenvalue weighted by atomic mass is 9.43. The number of para-hydroxylation sites is 1. The zero-order chi connectivity index (χ0) is 48.4. The van der Waals surface area contributed by atoms with Crippen molar-refractivity contribution < 1.29 is 4.42 Å². The van der Waals surface area contributed by atoms with Crippen LogP contribution in [0.3, 0.4) is 0 Å². The summed E-state index contributed by atoms with van der Waals surface area (Å²) in [5.74, 6) is 0. The predicted octanol–water partition coefficient (Wildman–Crippen LogP) is 17.1. The number of hydrogen-bond acceptors (Lipinski definition) is 3. The van der Waals surface area contributed by atoms with Gasteiger partial charge in [0.2, 0.25) is 0 Å². The number of hydrogen-bond donors (Lipinski definition) is 0. The van der Waals surface area contributed by atoms with E-state index in [9.17, 15) is 0 Å². The number of fused-ring (bicyclic) bond motifs is 8. The highest BCUT2D eigenvalue weighted by molar-refractivity contribution is 6.94. The molecule has 0 radical (unpaired) electrons. The molecule has 0 amide bonds. The molecule has 10 aromatic rings. The van der Waals surface area contributed by atoms with E-state index in [0.29, 0.717) is 0 Å². The molecular weight excluding hydrogens is 848 g/mol. The molecule has 12 rings (SSSR count). The molecule has 0 atom stereocenters. The first-order valence-electron chi connectivity index (χ1n) is 24.9. The van der Waals surface area contributed by atoms with Crippen molar-refractivity contribution >= 4 is 68.1 Å². The van der Waals surface area contributed by atoms with Crippen LogP contribution in [0.15, 0.2) is 180 Å². The third-order valence-corrected chi connectivity index (χ3v) is 14.8. The van der Waals surface area contributed by atoms with Gasteiger partial charge in [-0.25, -0.2) is 0 Å². The molecule has 3 heterocycles. The van der Waals surface area contributed by atoms with Gasteiger partial charge in [-0.3, -0.25) is 0 Å². The van der Waals surface area contributed by atoms with Crippen molar-refractivity contribution in [2.45, 2.75) is 80.1 Å². The van der Waals surface area contributed by atoms with E-state index in [1.165, 1.54) is 89.1 Å². The van der Waals surface area contributed by atoms with E-state index in [2.05, 4.69) is 255 Å². The highest BCUT2D eigenvalue weighted by atomic mass is 16.3. The molecule has 2 aliphatic heterocycles. The lowest BCUT2D eigenvalue weighted by Crippen LogP contribution is -2.61. The van der Waals surface area contributed by atoms with Crippen molar-refractivity contribution in [2.24, 2.45) is 0 Å². The number of aryl methyl sites for hydroxylation is 4. The Labute approximate surface area is 414 Å². The molecule has 0 fully saturated rings. The molecule has 1 aromatic heterocycles. The molecule has 0 saturated carbocycles. The monoisotopic (exact) mass is 906 g/mol. The normalized spacial score (nSPS) is 13.2. The molecule has 9 aromatic carbocycles. The van der Waals surface area contributed by atoms with Crippen molar-refractivity contribution in [3.8, 4) is 44.5 Å². The molecule has 70 heavy (non-hydrogen) atoms. The lowest BCUT2D eigenvalue weighted by Gasteiger charge is -2.46. The van der Waals surface area contributed by atoms with Gasteiger partial charge >= 0.3 is 6.85 Å². The maximum Gasteiger partial charge on any atom is 0.333 e. The van der Waals surface area contributed by atoms with E-state index in [-0.39, 0.29) is 17.7 Å². The topological polar surface area (TPSA) is 19.6 Å². The van der Waals surface area contributed by atoms with Crippen LogP contribution < -0.4 is 20.6 Å². The Hall–Kier alpha value is -7.56. The van der Waals surface area contributed by atoms with Crippen LogP contribution in [0.4, 0.5) is 28.4 Å². The maximum atomic E-state index is 7.20. The third kappa shape index (κ3) is 7.27. The summed E-state index contributed by atoms with van der Waals surface area (Å²) in [6.07, 6.45) is 0. The van der Waals surface area contributed by atoms with Crippen molar-refractivity contribution in [1.29, 1.82) is 0 Å². The van der Waals surface area contributed by atoms with E-state index < -0.39 is 0 Å². The Morgan fingerprint density at radius 3 is 1.59 bits per heavy atom. The summed E-state index contributed by atoms with van der Waals surface area (Å²) in [5, 5.41) is 2.24. The van der Waals surface area contributed by atoms with Crippen LogP contribution in [0.1, 0.15) is 74.9 Å². The third-order valence-electron chi connectivity index (χ3n) is 14.8. The Bertz CT molecular complexity index is 3660. The minimum Gasteiger partial charge on any atom is -0.455 e. The van der Waals surface area contributed by atoms with Crippen LogP contribution in [0.25, 0.3) is 66.4 Å². The van der Waals surface area contributed by atoms with Crippen LogP contribution >= 0.6 is 0 Å². The summed E-state index contributed by atoms with van der Waals surface area (Å²) >= 11 is 0. The SMILES string of the molecule is Cc1cc(C)cc(-c2ccc(N3B4c5cc(-c6ccccc6)ccc5N(c5cc(C(C)(C)C)cc(C(C)(C)C)c5)c5cc6c(oc7ccccc76)c(c54)-c4cc(-c5cc(C)cc(C)c5)ccc43)cc2)c1. The van der Waals surface area contributed by atoms with Gasteiger partial charge in [-0.05, 0) is 149 Å². The summed E-state index contributed by atoms with van der Waals surface area (Å²) in [6, 6.07) is 66.6. The highest BCUT2D eigenvalue weighted by Gasteiger charge is 2.47. The molecular formula is C66H59BN2O. The van der Waals surface area contributed by atoms with E-state index in [1.54, 1.807) is 0 Å². The average Bonchev–Trinajstić information content (AvgIpc) is 3.71. The fraction of sp³-hybridized carbons (Fsp3) is 0.182. The molecule has 342 valence electrons. The Morgan fingerprint density at radius 1 is 0.414 bits per heavy atom. The minimum absolute atomic E-state index is 0.0813. The van der Waals surface area contributed by atoms with Gasteiger partial charge in [0.15, 0.2) is 0 Å². The second-order valence-electron chi connectivity index (χ2n) is 22.2. The zero-order valence-electron chi connectivity index (χ0n) is 42.1. The Balaban J connectivity index is 1.22. The molecule has 2 aliphatic rings. The van der Waals surface area contributed by atoms with E-state index in [0.717, 1.165) is 50.1 Å². The van der Waals surface area contributed by atoms with E-state index in [1.807, 2.05) is 0 Å². The second-order valence-corrected chi connectivity index (χ2v) is 22.2. The van der Waals surface area contributed by atoms with Crippen LogP contribution in [0, 0.1) is 27.7 Å². The van der Waals surface area contributed by atoms with Crippen LogP contribution in [-0.2, 0) is 10.8 Å². The van der Waals surface area contributed by atoms with E-state index >= 15 is 0 Å². The highest BCUT2D eigenvalue weighted by Crippen LogP contribution is 2.52. The smallest absolute Gasteiger partial charge is 0.333 e. The Morgan fingerprint density at radius 2 is 0.957 bits per heavy atom.